The van der Waals surface area contributed by atoms with Gasteiger partial charge in [-0.15, -0.1) is 11.8 Å². The molecule has 0 saturated carbocycles. The van der Waals surface area contributed by atoms with Crippen LogP contribution in [0.15, 0.2) is 51.2 Å². The second-order valence-corrected chi connectivity index (χ2v) is 8.99. The van der Waals surface area contributed by atoms with Gasteiger partial charge in [0, 0.05) is 5.75 Å². The SMILES string of the molecule is COc1nc(SCC(N)c2ncco2)cnc1NS(=O)(=O)c1cccc(Cl)c1Cl. The van der Waals surface area contributed by atoms with Crippen LogP contribution in [0.2, 0.25) is 10.0 Å². The van der Waals surface area contributed by atoms with Gasteiger partial charge in [-0.3, -0.25) is 4.72 Å². The molecule has 3 rings (SSSR count). The Balaban J connectivity index is 1.77. The summed E-state index contributed by atoms with van der Waals surface area (Å²) in [5, 5.41) is 0.496. The van der Waals surface area contributed by atoms with Crippen LogP contribution in [0.25, 0.3) is 0 Å². The molecule has 9 nitrogen and oxygen atoms in total. The van der Waals surface area contributed by atoms with Crippen LogP contribution in [0.5, 0.6) is 5.88 Å². The first-order valence-corrected chi connectivity index (χ1v) is 11.2. The predicted molar refractivity (Wildman–Crippen MR) is 110 cm³/mol. The molecular formula is C16H15Cl2N5O4S2. The van der Waals surface area contributed by atoms with Crippen molar-refractivity contribution in [1.82, 2.24) is 15.0 Å². The van der Waals surface area contributed by atoms with E-state index in [1.807, 2.05) is 0 Å². The van der Waals surface area contributed by atoms with E-state index in [9.17, 15) is 8.42 Å². The van der Waals surface area contributed by atoms with Crippen LogP contribution in [0.4, 0.5) is 5.82 Å². The fourth-order valence-electron chi connectivity index (χ4n) is 2.18. The summed E-state index contributed by atoms with van der Waals surface area (Å²) in [6.07, 6.45) is 4.35. The highest BCUT2D eigenvalue weighted by Gasteiger charge is 2.23. The number of rotatable bonds is 8. The lowest BCUT2D eigenvalue weighted by molar-refractivity contribution is 0.394. The molecule has 0 aliphatic heterocycles. The number of nitrogens with two attached hydrogens (primary N) is 1. The fourth-order valence-corrected chi connectivity index (χ4v) is 4.71. The van der Waals surface area contributed by atoms with Crippen LogP contribution in [0.1, 0.15) is 11.9 Å². The van der Waals surface area contributed by atoms with Crippen molar-refractivity contribution in [3.8, 4) is 5.88 Å². The first-order chi connectivity index (χ1) is 13.8. The summed E-state index contributed by atoms with van der Waals surface area (Å²) in [6.45, 7) is 0. The fraction of sp³-hybridized carbons (Fsp3) is 0.188. The Labute approximate surface area is 181 Å². The second-order valence-electron chi connectivity index (χ2n) is 5.51. The lowest BCUT2D eigenvalue weighted by Crippen LogP contribution is -2.16. The van der Waals surface area contributed by atoms with Crippen molar-refractivity contribution >= 4 is 50.8 Å². The zero-order chi connectivity index (χ0) is 21.0. The van der Waals surface area contributed by atoms with Gasteiger partial charge in [0.15, 0.2) is 0 Å². The number of anilines is 1. The van der Waals surface area contributed by atoms with Gasteiger partial charge in [-0.05, 0) is 12.1 Å². The van der Waals surface area contributed by atoms with E-state index in [2.05, 4.69) is 19.7 Å². The number of halogens is 2. The molecule has 13 heteroatoms. The van der Waals surface area contributed by atoms with E-state index in [0.717, 1.165) is 0 Å². The number of nitrogens with one attached hydrogen (secondary N) is 1. The smallest absolute Gasteiger partial charge is 0.264 e. The van der Waals surface area contributed by atoms with Gasteiger partial charge in [-0.1, -0.05) is 29.3 Å². The van der Waals surface area contributed by atoms with Crippen LogP contribution < -0.4 is 15.2 Å². The van der Waals surface area contributed by atoms with Gasteiger partial charge in [0.2, 0.25) is 11.7 Å². The molecular weight excluding hydrogens is 461 g/mol. The number of oxazole rings is 1. The second kappa shape index (κ2) is 9.18. The van der Waals surface area contributed by atoms with E-state index in [4.69, 9.17) is 38.1 Å². The maximum atomic E-state index is 12.7. The molecule has 0 radical (unpaired) electrons. The van der Waals surface area contributed by atoms with Crippen molar-refractivity contribution in [2.24, 2.45) is 5.73 Å². The van der Waals surface area contributed by atoms with Gasteiger partial charge in [0.1, 0.15) is 16.2 Å². The van der Waals surface area contributed by atoms with Crippen LogP contribution in [0, 0.1) is 0 Å². The molecule has 2 heterocycles. The van der Waals surface area contributed by atoms with Crippen molar-refractivity contribution in [3.05, 3.63) is 52.8 Å². The molecule has 3 aromatic rings. The Morgan fingerprint density at radius 1 is 1.34 bits per heavy atom. The molecule has 3 N–H and O–H groups in total. The Bertz CT molecular complexity index is 1100. The van der Waals surface area contributed by atoms with Gasteiger partial charge < -0.3 is 14.9 Å². The van der Waals surface area contributed by atoms with E-state index < -0.39 is 16.1 Å². The zero-order valence-corrected chi connectivity index (χ0v) is 18.0. The highest BCUT2D eigenvalue weighted by Crippen LogP contribution is 2.32. The summed E-state index contributed by atoms with van der Waals surface area (Å²) >= 11 is 13.2. The van der Waals surface area contributed by atoms with E-state index >= 15 is 0 Å². The summed E-state index contributed by atoms with van der Waals surface area (Å²) in [4.78, 5) is 12.2. The molecule has 29 heavy (non-hydrogen) atoms. The quantitative estimate of drug-likeness (QED) is 0.470. The number of hydrogen-bond donors (Lipinski definition) is 2. The molecule has 2 aromatic heterocycles. The first kappa shape index (κ1) is 21.7. The average molecular weight is 476 g/mol. The molecule has 1 aromatic carbocycles. The minimum atomic E-state index is -4.06. The minimum absolute atomic E-state index is 0.0126. The largest absolute Gasteiger partial charge is 0.478 e. The molecule has 0 fully saturated rings. The number of aromatic nitrogens is 3. The molecule has 0 bridgehead atoms. The van der Waals surface area contributed by atoms with E-state index in [-0.39, 0.29) is 26.6 Å². The highest BCUT2D eigenvalue weighted by atomic mass is 35.5. The van der Waals surface area contributed by atoms with Crippen LogP contribution >= 0.6 is 35.0 Å². The number of hydrogen-bond acceptors (Lipinski definition) is 9. The van der Waals surface area contributed by atoms with Gasteiger partial charge in [0.25, 0.3) is 15.9 Å². The summed E-state index contributed by atoms with van der Waals surface area (Å²) in [5.74, 6) is 0.716. The molecule has 0 spiro atoms. The van der Waals surface area contributed by atoms with Crippen molar-refractivity contribution in [3.63, 3.8) is 0 Å². The zero-order valence-electron chi connectivity index (χ0n) is 14.9. The first-order valence-electron chi connectivity index (χ1n) is 7.97. The average Bonchev–Trinajstić information content (AvgIpc) is 3.23. The number of benzene rings is 1. The van der Waals surface area contributed by atoms with Gasteiger partial charge in [-0.25, -0.2) is 23.4 Å². The van der Waals surface area contributed by atoms with Gasteiger partial charge in [0.05, 0.1) is 35.6 Å². The molecule has 0 amide bonds. The lowest BCUT2D eigenvalue weighted by Gasteiger charge is -2.13. The molecule has 1 unspecified atom stereocenters. The molecule has 1 atom stereocenters. The number of thioether (sulfide) groups is 1. The lowest BCUT2D eigenvalue weighted by atomic mass is 10.4. The van der Waals surface area contributed by atoms with Crippen molar-refractivity contribution in [2.45, 2.75) is 16.0 Å². The topological polar surface area (TPSA) is 133 Å². The third-order valence-corrected chi connectivity index (χ3v) is 6.86. The number of nitrogens with zero attached hydrogens (tertiary/aromatic N) is 3. The Hall–Kier alpha value is -2.05. The number of methoxy groups -OCH3 is 1. The number of ether oxygens (including phenoxy) is 1. The minimum Gasteiger partial charge on any atom is -0.478 e. The Morgan fingerprint density at radius 2 is 2.14 bits per heavy atom. The van der Waals surface area contributed by atoms with Gasteiger partial charge in [-0.2, -0.15) is 0 Å². The summed E-state index contributed by atoms with van der Waals surface area (Å²) in [5.41, 5.74) is 5.99. The third kappa shape index (κ3) is 5.11. The van der Waals surface area contributed by atoms with Crippen LogP contribution in [-0.4, -0.2) is 36.2 Å². The van der Waals surface area contributed by atoms with E-state index in [1.54, 1.807) is 0 Å². The molecule has 154 valence electrons. The van der Waals surface area contributed by atoms with Crippen molar-refractivity contribution < 1.29 is 17.6 Å². The highest BCUT2D eigenvalue weighted by molar-refractivity contribution is 7.99. The normalized spacial score (nSPS) is 12.6. The maximum absolute atomic E-state index is 12.7. The van der Waals surface area contributed by atoms with Crippen LogP contribution in [0.3, 0.4) is 0 Å². The predicted octanol–water partition coefficient (Wildman–Crippen LogP) is 3.37. The maximum Gasteiger partial charge on any atom is 0.264 e. The van der Waals surface area contributed by atoms with Gasteiger partial charge >= 0.3 is 0 Å². The third-order valence-electron chi connectivity index (χ3n) is 3.53. The van der Waals surface area contributed by atoms with Crippen molar-refractivity contribution in [2.75, 3.05) is 17.6 Å². The summed E-state index contributed by atoms with van der Waals surface area (Å²) < 4.78 is 37.9. The Kier molecular flexibility index (Phi) is 6.85. The monoisotopic (exact) mass is 475 g/mol. The summed E-state index contributed by atoms with van der Waals surface area (Å²) in [7, 11) is -2.72. The standard InChI is InChI=1S/C16H15Cl2N5O4S2/c1-26-16-14(23-29(24,25)11-4-2-3-9(17)13(11)18)21-7-12(22-16)28-8-10(19)15-20-5-6-27-15/h2-7,10H,8,19H2,1H3,(H,21,23). The Morgan fingerprint density at radius 3 is 2.83 bits per heavy atom. The van der Waals surface area contributed by atoms with E-state index in [1.165, 1.54) is 55.7 Å². The van der Waals surface area contributed by atoms with Crippen molar-refractivity contribution in [1.29, 1.82) is 0 Å². The summed E-state index contributed by atoms with van der Waals surface area (Å²) in [6, 6.07) is 3.84. The number of sulfonamides is 1. The molecule has 0 saturated heterocycles. The van der Waals surface area contributed by atoms with E-state index in [0.29, 0.717) is 16.7 Å². The molecule has 0 aliphatic carbocycles. The van der Waals surface area contributed by atoms with Crippen LogP contribution in [-0.2, 0) is 10.0 Å². The molecule has 0 aliphatic rings.